The molecule has 1 aliphatic carbocycles. The van der Waals surface area contributed by atoms with Gasteiger partial charge in [-0.25, -0.2) is 4.79 Å². The predicted molar refractivity (Wildman–Crippen MR) is 59.7 cm³/mol. The number of nitrogens with one attached hydrogen (secondary N) is 2. The molecule has 0 spiro atoms. The maximum absolute atomic E-state index is 11.5. The van der Waals surface area contributed by atoms with Crippen LogP contribution in [0.3, 0.4) is 0 Å². The van der Waals surface area contributed by atoms with E-state index in [-0.39, 0.29) is 18.2 Å². The van der Waals surface area contributed by atoms with Crippen LogP contribution in [0.15, 0.2) is 0 Å². The molecule has 15 heavy (non-hydrogen) atoms. The molecule has 2 amide bonds. The Kier molecular flexibility index (Phi) is 4.88. The van der Waals surface area contributed by atoms with Crippen LogP contribution in [0.5, 0.6) is 0 Å². The number of hydrogen-bond donors (Lipinski definition) is 3. The highest BCUT2D eigenvalue weighted by Crippen LogP contribution is 2.28. The van der Waals surface area contributed by atoms with Crippen molar-refractivity contribution in [1.82, 2.24) is 10.6 Å². The maximum Gasteiger partial charge on any atom is 0.315 e. The van der Waals surface area contributed by atoms with Crippen LogP contribution in [-0.4, -0.2) is 29.8 Å². The van der Waals surface area contributed by atoms with E-state index in [1.165, 1.54) is 0 Å². The Morgan fingerprint density at radius 3 is 2.60 bits per heavy atom. The first-order chi connectivity index (χ1) is 7.22. The van der Waals surface area contributed by atoms with E-state index in [4.69, 9.17) is 0 Å². The molecular weight excluding hydrogens is 192 g/mol. The third-order valence-corrected chi connectivity index (χ3v) is 3.06. The van der Waals surface area contributed by atoms with E-state index >= 15 is 0 Å². The minimum Gasteiger partial charge on any atom is -0.394 e. The summed E-state index contributed by atoms with van der Waals surface area (Å²) in [6, 6.07) is -0.139. The number of hydrogen-bond acceptors (Lipinski definition) is 2. The Bertz CT molecular complexity index is 201. The lowest BCUT2D eigenvalue weighted by molar-refractivity contribution is 0.163. The minimum absolute atomic E-state index is 0.0498. The second-order valence-electron chi connectivity index (χ2n) is 4.38. The molecule has 0 aromatic heterocycles. The Morgan fingerprint density at radius 1 is 1.40 bits per heavy atom. The number of urea groups is 1. The summed E-state index contributed by atoms with van der Waals surface area (Å²) in [7, 11) is 0. The second-order valence-corrected chi connectivity index (χ2v) is 4.38. The van der Waals surface area contributed by atoms with Gasteiger partial charge in [-0.1, -0.05) is 26.2 Å². The average Bonchev–Trinajstić information content (AvgIpc) is 2.67. The van der Waals surface area contributed by atoms with E-state index in [2.05, 4.69) is 17.6 Å². The Balaban J connectivity index is 2.28. The fraction of sp³-hybridized carbons (Fsp3) is 0.909. The molecular formula is C11H22N2O2. The van der Waals surface area contributed by atoms with Gasteiger partial charge in [0.25, 0.3) is 0 Å². The van der Waals surface area contributed by atoms with Crippen molar-refractivity contribution in [2.75, 3.05) is 13.2 Å². The summed E-state index contributed by atoms with van der Waals surface area (Å²) in [6.07, 6.45) is 6.05. The molecule has 0 heterocycles. The van der Waals surface area contributed by atoms with Crippen molar-refractivity contribution in [3.8, 4) is 0 Å². The lowest BCUT2D eigenvalue weighted by Gasteiger charge is -2.27. The van der Waals surface area contributed by atoms with Crippen molar-refractivity contribution in [2.45, 2.75) is 51.0 Å². The van der Waals surface area contributed by atoms with Crippen LogP contribution in [0.25, 0.3) is 0 Å². The van der Waals surface area contributed by atoms with Crippen molar-refractivity contribution < 1.29 is 9.90 Å². The molecule has 0 radical (unpaired) electrons. The number of rotatable bonds is 5. The predicted octanol–water partition coefficient (Wildman–Crippen LogP) is 1.39. The van der Waals surface area contributed by atoms with Gasteiger partial charge in [0.05, 0.1) is 12.1 Å². The van der Waals surface area contributed by atoms with Crippen molar-refractivity contribution in [3.63, 3.8) is 0 Å². The number of unbranched alkanes of at least 4 members (excludes halogenated alkanes) is 1. The molecule has 0 atom stereocenters. The van der Waals surface area contributed by atoms with E-state index in [0.717, 1.165) is 38.5 Å². The van der Waals surface area contributed by atoms with Crippen LogP contribution < -0.4 is 10.6 Å². The normalized spacial score (nSPS) is 18.8. The summed E-state index contributed by atoms with van der Waals surface area (Å²) in [4.78, 5) is 11.5. The molecule has 0 bridgehead atoms. The third-order valence-electron chi connectivity index (χ3n) is 3.06. The van der Waals surface area contributed by atoms with Crippen molar-refractivity contribution in [2.24, 2.45) is 0 Å². The van der Waals surface area contributed by atoms with Gasteiger partial charge in [-0.15, -0.1) is 0 Å². The van der Waals surface area contributed by atoms with E-state index in [9.17, 15) is 9.90 Å². The van der Waals surface area contributed by atoms with Crippen LogP contribution in [-0.2, 0) is 0 Å². The maximum atomic E-state index is 11.5. The zero-order valence-electron chi connectivity index (χ0n) is 9.51. The van der Waals surface area contributed by atoms with Crippen molar-refractivity contribution in [3.05, 3.63) is 0 Å². The third kappa shape index (κ3) is 3.70. The number of aliphatic hydroxyl groups excluding tert-OH is 1. The molecule has 4 nitrogen and oxygen atoms in total. The summed E-state index contributed by atoms with van der Waals surface area (Å²) in [5, 5.41) is 15.0. The Labute approximate surface area is 91.4 Å². The lowest BCUT2D eigenvalue weighted by atomic mass is 9.99. The minimum atomic E-state index is -0.351. The van der Waals surface area contributed by atoms with Crippen molar-refractivity contribution in [1.29, 1.82) is 0 Å². The number of aliphatic hydroxyl groups is 1. The molecule has 4 heteroatoms. The molecule has 0 unspecified atom stereocenters. The van der Waals surface area contributed by atoms with Gasteiger partial charge in [0.1, 0.15) is 0 Å². The van der Waals surface area contributed by atoms with Gasteiger partial charge in [0.2, 0.25) is 0 Å². The summed E-state index contributed by atoms with van der Waals surface area (Å²) < 4.78 is 0. The molecule has 3 N–H and O–H groups in total. The topological polar surface area (TPSA) is 61.4 Å². The monoisotopic (exact) mass is 214 g/mol. The van der Waals surface area contributed by atoms with E-state index in [1.54, 1.807) is 0 Å². The SMILES string of the molecule is CCCCNC(=O)NC1(CO)CCCC1. The first kappa shape index (κ1) is 12.3. The van der Waals surface area contributed by atoms with Gasteiger partial charge in [0.15, 0.2) is 0 Å². The van der Waals surface area contributed by atoms with E-state index in [0.29, 0.717) is 6.54 Å². The average molecular weight is 214 g/mol. The fourth-order valence-electron chi connectivity index (χ4n) is 2.04. The molecule has 88 valence electrons. The number of amides is 2. The summed E-state index contributed by atoms with van der Waals surface area (Å²) >= 11 is 0. The van der Waals surface area contributed by atoms with E-state index < -0.39 is 0 Å². The highest BCUT2D eigenvalue weighted by atomic mass is 16.3. The second kappa shape index (κ2) is 5.95. The zero-order valence-corrected chi connectivity index (χ0v) is 9.51. The fourth-order valence-corrected chi connectivity index (χ4v) is 2.04. The first-order valence-corrected chi connectivity index (χ1v) is 5.89. The summed E-state index contributed by atoms with van der Waals surface area (Å²) in [6.45, 7) is 2.85. The molecule has 1 aliphatic rings. The largest absolute Gasteiger partial charge is 0.394 e. The zero-order chi connectivity index (χ0) is 11.1. The Hall–Kier alpha value is -0.770. The highest BCUT2D eigenvalue weighted by molar-refractivity contribution is 5.74. The molecule has 0 aromatic rings. The Morgan fingerprint density at radius 2 is 2.07 bits per heavy atom. The van der Waals surface area contributed by atoms with Crippen LogP contribution in [0.1, 0.15) is 45.4 Å². The quantitative estimate of drug-likeness (QED) is 0.606. The molecule has 0 aromatic carbocycles. The molecule has 1 saturated carbocycles. The number of carbonyl (C=O) groups excluding carboxylic acids is 1. The van der Waals surface area contributed by atoms with Crippen LogP contribution >= 0.6 is 0 Å². The highest BCUT2D eigenvalue weighted by Gasteiger charge is 2.34. The van der Waals surface area contributed by atoms with Crippen LogP contribution in [0, 0.1) is 0 Å². The summed E-state index contributed by atoms with van der Waals surface area (Å²) in [5.74, 6) is 0. The van der Waals surface area contributed by atoms with E-state index in [1.807, 2.05) is 0 Å². The van der Waals surface area contributed by atoms with Crippen molar-refractivity contribution >= 4 is 6.03 Å². The first-order valence-electron chi connectivity index (χ1n) is 5.89. The van der Waals surface area contributed by atoms with Gasteiger partial charge in [-0.05, 0) is 19.3 Å². The van der Waals surface area contributed by atoms with Gasteiger partial charge in [-0.2, -0.15) is 0 Å². The van der Waals surface area contributed by atoms with Gasteiger partial charge >= 0.3 is 6.03 Å². The smallest absolute Gasteiger partial charge is 0.315 e. The summed E-state index contributed by atoms with van der Waals surface area (Å²) in [5.41, 5.74) is -0.351. The molecule has 1 rings (SSSR count). The number of carbonyl (C=O) groups is 1. The van der Waals surface area contributed by atoms with Crippen LogP contribution in [0.4, 0.5) is 4.79 Å². The van der Waals surface area contributed by atoms with Gasteiger partial charge < -0.3 is 15.7 Å². The van der Waals surface area contributed by atoms with Gasteiger partial charge in [-0.3, -0.25) is 0 Å². The van der Waals surface area contributed by atoms with Gasteiger partial charge in [0, 0.05) is 6.54 Å². The molecule has 1 fully saturated rings. The standard InChI is InChI=1S/C11H22N2O2/c1-2-3-8-12-10(15)13-11(9-14)6-4-5-7-11/h14H,2-9H2,1H3,(H2,12,13,15). The lowest BCUT2D eigenvalue weighted by Crippen LogP contribution is -2.52. The molecule has 0 aliphatic heterocycles. The molecule has 0 saturated heterocycles. The van der Waals surface area contributed by atoms with Crippen LogP contribution in [0.2, 0.25) is 0 Å².